The average molecular weight is 417 g/mol. The molecule has 0 aliphatic heterocycles. The zero-order valence-corrected chi connectivity index (χ0v) is 16.9. The molecule has 3 rings (SSSR count). The van der Waals surface area contributed by atoms with Gasteiger partial charge in [0.1, 0.15) is 0 Å². The van der Waals surface area contributed by atoms with Crippen LogP contribution in [-0.4, -0.2) is 36.6 Å². The first kappa shape index (κ1) is 20.9. The standard InChI is InChI=1S/C20H23N3O5S/c1-22(17-5-3-2-4-6-17)29(27,28)19-13-7-15(8-14-19)20(24)21-16-9-11-18(12-10-16)23(25)26/h7-14,17H,2-6H2,1H3,(H,21,24). The number of rotatable bonds is 6. The number of amides is 1. The summed E-state index contributed by atoms with van der Waals surface area (Å²) in [5.74, 6) is -0.427. The normalized spacial score (nSPS) is 15.2. The third-order valence-corrected chi connectivity index (χ3v) is 7.14. The topological polar surface area (TPSA) is 110 Å². The van der Waals surface area contributed by atoms with Crippen LogP contribution in [0.2, 0.25) is 0 Å². The quantitative estimate of drug-likeness (QED) is 0.568. The Labute approximate surface area is 169 Å². The summed E-state index contributed by atoms with van der Waals surface area (Å²) in [4.78, 5) is 22.7. The van der Waals surface area contributed by atoms with Crippen LogP contribution in [0.25, 0.3) is 0 Å². The van der Waals surface area contributed by atoms with E-state index in [-0.39, 0.29) is 16.6 Å². The second-order valence-corrected chi connectivity index (χ2v) is 9.09. The van der Waals surface area contributed by atoms with Gasteiger partial charge in [0.15, 0.2) is 0 Å². The second kappa shape index (κ2) is 8.71. The molecule has 1 N–H and O–H groups in total. The van der Waals surface area contributed by atoms with Crippen LogP contribution < -0.4 is 5.32 Å². The molecule has 154 valence electrons. The monoisotopic (exact) mass is 417 g/mol. The molecule has 1 aliphatic rings. The smallest absolute Gasteiger partial charge is 0.269 e. The maximum absolute atomic E-state index is 12.9. The summed E-state index contributed by atoms with van der Waals surface area (Å²) in [6.07, 6.45) is 4.94. The van der Waals surface area contributed by atoms with E-state index < -0.39 is 20.9 Å². The SMILES string of the molecule is CN(C1CCCCC1)S(=O)(=O)c1ccc(C(=O)Nc2ccc([N+](=O)[O-])cc2)cc1. The number of nitro benzene ring substituents is 1. The minimum atomic E-state index is -3.62. The first-order valence-electron chi connectivity index (χ1n) is 9.43. The Morgan fingerprint density at radius 2 is 1.62 bits per heavy atom. The van der Waals surface area contributed by atoms with E-state index in [2.05, 4.69) is 5.32 Å². The number of nitrogens with one attached hydrogen (secondary N) is 1. The van der Waals surface area contributed by atoms with Crippen LogP contribution in [-0.2, 0) is 10.0 Å². The van der Waals surface area contributed by atoms with Crippen LogP contribution in [0.15, 0.2) is 53.4 Å². The zero-order valence-electron chi connectivity index (χ0n) is 16.1. The van der Waals surface area contributed by atoms with Crippen molar-refractivity contribution in [2.24, 2.45) is 0 Å². The van der Waals surface area contributed by atoms with Gasteiger partial charge in [0, 0.05) is 36.5 Å². The molecule has 0 heterocycles. The molecule has 2 aromatic rings. The molecule has 2 aromatic carbocycles. The largest absolute Gasteiger partial charge is 0.322 e. The number of benzene rings is 2. The van der Waals surface area contributed by atoms with Gasteiger partial charge in [-0.25, -0.2) is 8.42 Å². The average Bonchev–Trinajstić information content (AvgIpc) is 2.74. The van der Waals surface area contributed by atoms with Crippen LogP contribution in [0.3, 0.4) is 0 Å². The van der Waals surface area contributed by atoms with Gasteiger partial charge in [0.25, 0.3) is 11.6 Å². The minimum absolute atomic E-state index is 0.0128. The van der Waals surface area contributed by atoms with Crippen LogP contribution in [0.5, 0.6) is 0 Å². The van der Waals surface area contributed by atoms with Gasteiger partial charge in [-0.15, -0.1) is 0 Å². The lowest BCUT2D eigenvalue weighted by Crippen LogP contribution is -2.38. The summed E-state index contributed by atoms with van der Waals surface area (Å²) in [6, 6.07) is 11.3. The third-order valence-electron chi connectivity index (χ3n) is 5.22. The fourth-order valence-corrected chi connectivity index (χ4v) is 4.87. The first-order valence-corrected chi connectivity index (χ1v) is 10.9. The van der Waals surface area contributed by atoms with E-state index >= 15 is 0 Å². The Kier molecular flexibility index (Phi) is 6.29. The van der Waals surface area contributed by atoms with E-state index in [0.717, 1.165) is 32.1 Å². The van der Waals surface area contributed by atoms with E-state index in [1.807, 2.05) is 0 Å². The highest BCUT2D eigenvalue weighted by Crippen LogP contribution is 2.26. The van der Waals surface area contributed by atoms with E-state index in [0.29, 0.717) is 11.3 Å². The molecule has 0 unspecified atom stereocenters. The molecule has 0 radical (unpaired) electrons. The second-order valence-electron chi connectivity index (χ2n) is 7.10. The van der Waals surface area contributed by atoms with Crippen molar-refractivity contribution in [2.45, 2.75) is 43.0 Å². The van der Waals surface area contributed by atoms with Gasteiger partial charge >= 0.3 is 0 Å². The predicted octanol–water partition coefficient (Wildman–Crippen LogP) is 3.80. The van der Waals surface area contributed by atoms with Gasteiger partial charge in [-0.05, 0) is 49.2 Å². The molecule has 0 bridgehead atoms. The molecule has 0 saturated heterocycles. The Morgan fingerprint density at radius 3 is 2.17 bits per heavy atom. The molecule has 1 aliphatic carbocycles. The van der Waals surface area contributed by atoms with Gasteiger partial charge in [-0.3, -0.25) is 14.9 Å². The highest BCUT2D eigenvalue weighted by Gasteiger charge is 2.29. The van der Waals surface area contributed by atoms with E-state index in [4.69, 9.17) is 0 Å². The van der Waals surface area contributed by atoms with Crippen LogP contribution in [0.1, 0.15) is 42.5 Å². The Morgan fingerprint density at radius 1 is 1.03 bits per heavy atom. The number of non-ortho nitro benzene ring substituents is 1. The Hall–Kier alpha value is -2.78. The number of carbonyl (C=O) groups excluding carboxylic acids is 1. The number of anilines is 1. The summed E-state index contributed by atoms with van der Waals surface area (Å²) in [5, 5.41) is 13.3. The van der Waals surface area contributed by atoms with Gasteiger partial charge in [-0.1, -0.05) is 19.3 Å². The molecule has 29 heavy (non-hydrogen) atoms. The van der Waals surface area contributed by atoms with Crippen molar-refractivity contribution in [1.82, 2.24) is 4.31 Å². The van der Waals surface area contributed by atoms with Gasteiger partial charge in [-0.2, -0.15) is 4.31 Å². The number of hydrogen-bond donors (Lipinski definition) is 1. The molecule has 0 spiro atoms. The van der Waals surface area contributed by atoms with Crippen molar-refractivity contribution in [3.63, 3.8) is 0 Å². The van der Waals surface area contributed by atoms with Crippen LogP contribution >= 0.6 is 0 Å². The van der Waals surface area contributed by atoms with Crippen molar-refractivity contribution >= 4 is 27.3 Å². The summed E-state index contributed by atoms with van der Waals surface area (Å²) in [6.45, 7) is 0. The summed E-state index contributed by atoms with van der Waals surface area (Å²) in [5.41, 5.74) is 0.636. The maximum Gasteiger partial charge on any atom is 0.269 e. The van der Waals surface area contributed by atoms with Gasteiger partial charge < -0.3 is 5.32 Å². The molecule has 1 saturated carbocycles. The van der Waals surface area contributed by atoms with Crippen molar-refractivity contribution in [1.29, 1.82) is 0 Å². The third kappa shape index (κ3) is 4.80. The van der Waals surface area contributed by atoms with E-state index in [9.17, 15) is 23.3 Å². The van der Waals surface area contributed by atoms with Crippen molar-refractivity contribution < 1.29 is 18.1 Å². The minimum Gasteiger partial charge on any atom is -0.322 e. The first-order chi connectivity index (χ1) is 13.8. The molecule has 0 aromatic heterocycles. The number of carbonyl (C=O) groups is 1. The molecule has 9 heteroatoms. The Balaban J connectivity index is 1.70. The molecular formula is C20H23N3O5S. The lowest BCUT2D eigenvalue weighted by atomic mass is 9.96. The fraction of sp³-hybridized carbons (Fsp3) is 0.350. The van der Waals surface area contributed by atoms with E-state index in [1.165, 1.54) is 52.8 Å². The lowest BCUT2D eigenvalue weighted by molar-refractivity contribution is -0.384. The van der Waals surface area contributed by atoms with Crippen molar-refractivity contribution in [3.8, 4) is 0 Å². The maximum atomic E-state index is 12.9. The number of hydrogen-bond acceptors (Lipinski definition) is 5. The summed E-state index contributed by atoms with van der Waals surface area (Å²) < 4.78 is 27.2. The van der Waals surface area contributed by atoms with Crippen molar-refractivity contribution in [3.05, 3.63) is 64.2 Å². The molecular weight excluding hydrogens is 394 g/mol. The summed E-state index contributed by atoms with van der Waals surface area (Å²) in [7, 11) is -2.00. The number of nitrogens with zero attached hydrogens (tertiary/aromatic N) is 2. The molecule has 0 atom stereocenters. The molecule has 8 nitrogen and oxygen atoms in total. The zero-order chi connectivity index (χ0) is 21.0. The summed E-state index contributed by atoms with van der Waals surface area (Å²) >= 11 is 0. The van der Waals surface area contributed by atoms with Gasteiger partial charge in [0.05, 0.1) is 9.82 Å². The highest BCUT2D eigenvalue weighted by molar-refractivity contribution is 7.89. The lowest BCUT2D eigenvalue weighted by Gasteiger charge is -2.30. The predicted molar refractivity (Wildman–Crippen MR) is 109 cm³/mol. The molecule has 1 amide bonds. The van der Waals surface area contributed by atoms with E-state index in [1.54, 1.807) is 7.05 Å². The molecule has 1 fully saturated rings. The number of nitro groups is 1. The number of sulfonamides is 1. The van der Waals surface area contributed by atoms with Crippen molar-refractivity contribution in [2.75, 3.05) is 12.4 Å². The Bertz CT molecular complexity index is 982. The van der Waals surface area contributed by atoms with Gasteiger partial charge in [0.2, 0.25) is 10.0 Å². The highest BCUT2D eigenvalue weighted by atomic mass is 32.2. The fourth-order valence-electron chi connectivity index (χ4n) is 3.46. The van der Waals surface area contributed by atoms with Crippen LogP contribution in [0, 0.1) is 10.1 Å². The van der Waals surface area contributed by atoms with Crippen LogP contribution in [0.4, 0.5) is 11.4 Å².